The summed E-state index contributed by atoms with van der Waals surface area (Å²) < 4.78 is 11.9. The minimum atomic E-state index is -0.384. The van der Waals surface area contributed by atoms with E-state index in [1.807, 2.05) is 12.1 Å². The van der Waals surface area contributed by atoms with Crippen LogP contribution >= 0.6 is 15.9 Å². The number of halogens is 1. The zero-order valence-corrected chi connectivity index (χ0v) is 9.54. The zero-order valence-electron chi connectivity index (χ0n) is 7.96. The number of Topliss-reactive ketones (excluding diaryl/α,β-unsaturated/α-hetero) is 1. The van der Waals surface area contributed by atoms with Gasteiger partial charge in [0, 0.05) is 4.47 Å². The fourth-order valence-corrected chi connectivity index (χ4v) is 2.30. The molecule has 1 fully saturated rings. The molecule has 0 bridgehead atoms. The number of carbonyl (C=O) groups excluding carboxylic acids is 1. The van der Waals surface area contributed by atoms with Gasteiger partial charge in [-0.3, -0.25) is 4.79 Å². The van der Waals surface area contributed by atoms with Crippen LogP contribution in [0.15, 0.2) is 22.7 Å². The van der Waals surface area contributed by atoms with Crippen LogP contribution in [0.4, 0.5) is 0 Å². The van der Waals surface area contributed by atoms with Gasteiger partial charge in [0.25, 0.3) is 0 Å². The lowest BCUT2D eigenvalue weighted by Gasteiger charge is -2.43. The Hall–Kier alpha value is -0.870. The molecule has 2 heterocycles. The summed E-state index contributed by atoms with van der Waals surface area (Å²) >= 11 is 3.37. The van der Waals surface area contributed by atoms with Crippen LogP contribution in [0.3, 0.4) is 0 Å². The summed E-state index contributed by atoms with van der Waals surface area (Å²) in [5, 5.41) is 0. The third-order valence-electron chi connectivity index (χ3n) is 2.78. The Morgan fingerprint density at radius 1 is 1.33 bits per heavy atom. The summed E-state index contributed by atoms with van der Waals surface area (Å²) in [5.74, 6) is 0.816. The van der Waals surface area contributed by atoms with Crippen LogP contribution in [-0.2, 0) is 4.74 Å². The van der Waals surface area contributed by atoms with Crippen LogP contribution < -0.4 is 4.74 Å². The van der Waals surface area contributed by atoms with Gasteiger partial charge in [-0.15, -0.1) is 0 Å². The molecule has 3 nitrogen and oxygen atoms in total. The fraction of sp³-hybridized carbons (Fsp3) is 0.364. The number of fused-ring (bicyclic) bond motifs is 1. The summed E-state index contributed by atoms with van der Waals surface area (Å²) in [6.45, 7) is 1.04. The molecule has 0 radical (unpaired) electrons. The average molecular weight is 269 g/mol. The number of hydrogen-bond donors (Lipinski definition) is 0. The Morgan fingerprint density at radius 2 is 2.13 bits per heavy atom. The van der Waals surface area contributed by atoms with Crippen molar-refractivity contribution in [2.45, 2.75) is 12.0 Å². The van der Waals surface area contributed by atoms with Crippen LogP contribution in [0.1, 0.15) is 16.8 Å². The predicted molar refractivity (Wildman–Crippen MR) is 57.3 cm³/mol. The third-order valence-corrected chi connectivity index (χ3v) is 3.28. The Bertz CT molecular complexity index is 437. The van der Waals surface area contributed by atoms with Crippen LogP contribution in [0.25, 0.3) is 0 Å². The molecular formula is C11H9BrO3. The van der Waals surface area contributed by atoms with Gasteiger partial charge in [0.15, 0.2) is 11.4 Å². The standard InChI is InChI=1S/C11H9BrO3/c12-7-1-2-8-9(13)4-11(5-14-6-11)15-10(8)3-7/h1-3H,4-6H2. The molecule has 0 N–H and O–H groups in total. The summed E-state index contributed by atoms with van der Waals surface area (Å²) in [6.07, 6.45) is 0.432. The summed E-state index contributed by atoms with van der Waals surface area (Å²) in [6, 6.07) is 5.50. The van der Waals surface area contributed by atoms with Gasteiger partial charge in [0.05, 0.1) is 25.2 Å². The molecule has 3 rings (SSSR count). The molecule has 0 saturated carbocycles. The molecule has 4 heteroatoms. The minimum absolute atomic E-state index is 0.145. The van der Waals surface area contributed by atoms with Crippen molar-refractivity contribution >= 4 is 21.7 Å². The highest BCUT2D eigenvalue weighted by molar-refractivity contribution is 9.10. The van der Waals surface area contributed by atoms with E-state index in [1.54, 1.807) is 6.07 Å². The van der Waals surface area contributed by atoms with E-state index in [1.165, 1.54) is 0 Å². The van der Waals surface area contributed by atoms with Gasteiger partial charge in [0.2, 0.25) is 0 Å². The van der Waals surface area contributed by atoms with E-state index in [-0.39, 0.29) is 11.4 Å². The van der Waals surface area contributed by atoms with Crippen LogP contribution in [-0.4, -0.2) is 24.6 Å². The second-order valence-electron chi connectivity index (χ2n) is 4.02. The molecule has 2 aliphatic rings. The largest absolute Gasteiger partial charge is 0.481 e. The van der Waals surface area contributed by atoms with Crippen molar-refractivity contribution in [1.82, 2.24) is 0 Å². The third kappa shape index (κ3) is 1.40. The first kappa shape index (κ1) is 9.36. The summed E-state index contributed by atoms with van der Waals surface area (Å²) in [7, 11) is 0. The van der Waals surface area contributed by atoms with Crippen molar-refractivity contribution in [2.24, 2.45) is 0 Å². The maximum absolute atomic E-state index is 11.9. The van der Waals surface area contributed by atoms with Gasteiger partial charge < -0.3 is 9.47 Å². The molecule has 1 spiro atoms. The zero-order chi connectivity index (χ0) is 10.5. The van der Waals surface area contributed by atoms with Crippen molar-refractivity contribution in [3.05, 3.63) is 28.2 Å². The van der Waals surface area contributed by atoms with Crippen LogP contribution in [0.2, 0.25) is 0 Å². The van der Waals surface area contributed by atoms with Gasteiger partial charge in [-0.05, 0) is 18.2 Å². The SMILES string of the molecule is O=C1CC2(COC2)Oc2cc(Br)ccc21. The van der Waals surface area contributed by atoms with E-state index >= 15 is 0 Å². The highest BCUT2D eigenvalue weighted by Crippen LogP contribution is 2.38. The van der Waals surface area contributed by atoms with Crippen molar-refractivity contribution in [2.75, 3.05) is 13.2 Å². The summed E-state index contributed by atoms with van der Waals surface area (Å²) in [4.78, 5) is 11.9. The monoisotopic (exact) mass is 268 g/mol. The van der Waals surface area contributed by atoms with Crippen molar-refractivity contribution < 1.29 is 14.3 Å². The molecule has 2 aliphatic heterocycles. The van der Waals surface area contributed by atoms with Crippen molar-refractivity contribution in [3.8, 4) is 5.75 Å². The first-order valence-electron chi connectivity index (χ1n) is 4.78. The van der Waals surface area contributed by atoms with Gasteiger partial charge in [0.1, 0.15) is 5.75 Å². The Labute approximate surface area is 95.5 Å². The number of ether oxygens (including phenoxy) is 2. The molecule has 0 atom stereocenters. The van der Waals surface area contributed by atoms with Crippen LogP contribution in [0, 0.1) is 0 Å². The number of carbonyl (C=O) groups is 1. The molecule has 0 unspecified atom stereocenters. The molecular weight excluding hydrogens is 260 g/mol. The fourth-order valence-electron chi connectivity index (χ4n) is 1.96. The van der Waals surface area contributed by atoms with E-state index in [0.717, 1.165) is 4.47 Å². The molecule has 0 amide bonds. The second-order valence-corrected chi connectivity index (χ2v) is 4.93. The van der Waals surface area contributed by atoms with Gasteiger partial charge in [-0.25, -0.2) is 0 Å². The summed E-state index contributed by atoms with van der Waals surface area (Å²) in [5.41, 5.74) is 0.293. The highest BCUT2D eigenvalue weighted by atomic mass is 79.9. The van der Waals surface area contributed by atoms with Gasteiger partial charge in [-0.2, -0.15) is 0 Å². The van der Waals surface area contributed by atoms with E-state index in [4.69, 9.17) is 9.47 Å². The molecule has 78 valence electrons. The Morgan fingerprint density at radius 3 is 2.80 bits per heavy atom. The molecule has 0 aliphatic carbocycles. The topological polar surface area (TPSA) is 35.5 Å². The smallest absolute Gasteiger partial charge is 0.170 e. The molecule has 1 aromatic carbocycles. The predicted octanol–water partition coefficient (Wildman–Crippen LogP) is 2.18. The molecule has 0 aromatic heterocycles. The quantitative estimate of drug-likeness (QED) is 0.724. The van der Waals surface area contributed by atoms with E-state index in [0.29, 0.717) is 30.9 Å². The minimum Gasteiger partial charge on any atom is -0.481 e. The van der Waals surface area contributed by atoms with Crippen molar-refractivity contribution in [3.63, 3.8) is 0 Å². The normalized spacial score (nSPS) is 21.8. The van der Waals surface area contributed by atoms with Crippen molar-refractivity contribution in [1.29, 1.82) is 0 Å². The second kappa shape index (κ2) is 3.06. The van der Waals surface area contributed by atoms with E-state index in [2.05, 4.69) is 15.9 Å². The highest BCUT2D eigenvalue weighted by Gasteiger charge is 2.46. The van der Waals surface area contributed by atoms with E-state index < -0.39 is 0 Å². The number of rotatable bonds is 0. The van der Waals surface area contributed by atoms with Gasteiger partial charge in [-0.1, -0.05) is 15.9 Å². The Kier molecular flexibility index (Phi) is 1.91. The maximum atomic E-state index is 11.9. The molecule has 15 heavy (non-hydrogen) atoms. The first-order chi connectivity index (χ1) is 7.19. The lowest BCUT2D eigenvalue weighted by molar-refractivity contribution is -0.162. The van der Waals surface area contributed by atoms with Gasteiger partial charge >= 0.3 is 0 Å². The number of ketones is 1. The molecule has 1 aromatic rings. The van der Waals surface area contributed by atoms with Crippen LogP contribution in [0.5, 0.6) is 5.75 Å². The lowest BCUT2D eigenvalue weighted by atomic mass is 9.88. The number of benzene rings is 1. The van der Waals surface area contributed by atoms with E-state index in [9.17, 15) is 4.79 Å². The first-order valence-corrected chi connectivity index (χ1v) is 5.57. The molecule has 1 saturated heterocycles. The Balaban J connectivity index is 2.05. The average Bonchev–Trinajstić information content (AvgIpc) is 2.14. The number of hydrogen-bond acceptors (Lipinski definition) is 3. The maximum Gasteiger partial charge on any atom is 0.170 e. The lowest BCUT2D eigenvalue weighted by Crippen LogP contribution is -2.57.